The Kier molecular flexibility index (Phi) is 5.94. The monoisotopic (exact) mass is 339 g/mol. The number of nitrogens with one attached hydrogen (secondary N) is 1. The molecule has 4 nitrogen and oxygen atoms in total. The van der Waals surface area contributed by atoms with Crippen molar-refractivity contribution in [2.45, 2.75) is 32.6 Å². The van der Waals surface area contributed by atoms with E-state index in [0.717, 1.165) is 29.9 Å². The van der Waals surface area contributed by atoms with Crippen LogP contribution in [-0.4, -0.2) is 25.7 Å². The minimum absolute atomic E-state index is 0.0425. The Morgan fingerprint density at radius 3 is 2.68 bits per heavy atom. The first-order chi connectivity index (χ1) is 12.2. The van der Waals surface area contributed by atoms with Gasteiger partial charge in [0, 0.05) is 0 Å². The smallest absolute Gasteiger partial charge is 0.258 e. The Hall–Kier alpha value is -2.49. The van der Waals surface area contributed by atoms with Crippen LogP contribution >= 0.6 is 0 Å². The number of benzene rings is 2. The number of ether oxygens (including phenoxy) is 2. The molecule has 1 aliphatic rings. The zero-order chi connectivity index (χ0) is 17.5. The number of rotatable bonds is 7. The van der Waals surface area contributed by atoms with E-state index in [4.69, 9.17) is 9.47 Å². The molecule has 3 rings (SSSR count). The van der Waals surface area contributed by atoms with Crippen LogP contribution in [0, 0.1) is 6.92 Å². The standard InChI is InChI=1S/C21H25NO3/c1-16-7-2-5-11-19(16)24-14-13-22-21(23)15-25-20-12-6-9-17-8-3-4-10-18(17)20/h2,5-7,9,11-12H,3-4,8,10,13-15H2,1H3,(H,22,23). The largest absolute Gasteiger partial charge is 0.491 e. The fraction of sp³-hybridized carbons (Fsp3) is 0.381. The van der Waals surface area contributed by atoms with Gasteiger partial charge in [-0.3, -0.25) is 4.79 Å². The highest BCUT2D eigenvalue weighted by Crippen LogP contribution is 2.29. The summed E-state index contributed by atoms with van der Waals surface area (Å²) >= 11 is 0. The van der Waals surface area contributed by atoms with E-state index in [1.54, 1.807) is 0 Å². The molecule has 1 N–H and O–H groups in total. The molecule has 0 radical (unpaired) electrons. The molecule has 1 amide bonds. The number of hydrogen-bond donors (Lipinski definition) is 1. The van der Waals surface area contributed by atoms with Crippen molar-refractivity contribution in [3.05, 3.63) is 59.2 Å². The highest BCUT2D eigenvalue weighted by atomic mass is 16.5. The normalized spacial score (nSPS) is 13.0. The Balaban J connectivity index is 1.41. The molecular formula is C21H25NO3. The molecule has 0 fully saturated rings. The summed E-state index contributed by atoms with van der Waals surface area (Å²) in [7, 11) is 0. The second-order valence-corrected chi connectivity index (χ2v) is 6.35. The van der Waals surface area contributed by atoms with Crippen molar-refractivity contribution in [2.75, 3.05) is 19.8 Å². The molecule has 0 aliphatic heterocycles. The molecule has 132 valence electrons. The molecule has 2 aromatic rings. The van der Waals surface area contributed by atoms with E-state index in [2.05, 4.69) is 11.4 Å². The summed E-state index contributed by atoms with van der Waals surface area (Å²) in [5.41, 5.74) is 3.71. The minimum Gasteiger partial charge on any atom is -0.491 e. The van der Waals surface area contributed by atoms with Gasteiger partial charge >= 0.3 is 0 Å². The number of carbonyl (C=O) groups excluding carboxylic acids is 1. The lowest BCUT2D eigenvalue weighted by molar-refractivity contribution is -0.123. The van der Waals surface area contributed by atoms with Crippen LogP contribution in [0.1, 0.15) is 29.5 Å². The lowest BCUT2D eigenvalue weighted by Gasteiger charge is -2.19. The van der Waals surface area contributed by atoms with Gasteiger partial charge in [0.05, 0.1) is 6.54 Å². The summed E-state index contributed by atoms with van der Waals surface area (Å²) in [5, 5.41) is 2.83. The lowest BCUT2D eigenvalue weighted by Crippen LogP contribution is -2.32. The molecule has 0 bridgehead atoms. The van der Waals surface area contributed by atoms with Gasteiger partial charge in [0.25, 0.3) is 5.91 Å². The second kappa shape index (κ2) is 8.56. The minimum atomic E-state index is -0.123. The maximum Gasteiger partial charge on any atom is 0.258 e. The topological polar surface area (TPSA) is 47.6 Å². The molecule has 0 aromatic heterocycles. The van der Waals surface area contributed by atoms with E-state index in [1.807, 2.05) is 43.3 Å². The molecule has 2 aromatic carbocycles. The molecule has 0 unspecified atom stereocenters. The van der Waals surface area contributed by atoms with Gasteiger partial charge in [0.2, 0.25) is 0 Å². The molecule has 25 heavy (non-hydrogen) atoms. The second-order valence-electron chi connectivity index (χ2n) is 6.35. The summed E-state index contributed by atoms with van der Waals surface area (Å²) in [6.45, 7) is 2.95. The van der Waals surface area contributed by atoms with Gasteiger partial charge in [-0.15, -0.1) is 0 Å². The summed E-state index contributed by atoms with van der Waals surface area (Å²) in [5.74, 6) is 1.58. The van der Waals surface area contributed by atoms with Gasteiger partial charge in [0.1, 0.15) is 18.1 Å². The Morgan fingerprint density at radius 2 is 1.80 bits per heavy atom. The third-order valence-corrected chi connectivity index (χ3v) is 4.49. The predicted molar refractivity (Wildman–Crippen MR) is 98.3 cm³/mol. The first-order valence-electron chi connectivity index (χ1n) is 8.93. The molecule has 4 heteroatoms. The number of aryl methyl sites for hydroxylation is 2. The van der Waals surface area contributed by atoms with Crippen LogP contribution in [0.3, 0.4) is 0 Å². The third kappa shape index (κ3) is 4.75. The molecule has 0 heterocycles. The number of carbonyl (C=O) groups is 1. The van der Waals surface area contributed by atoms with E-state index in [1.165, 1.54) is 24.0 Å². The first-order valence-corrected chi connectivity index (χ1v) is 8.93. The Morgan fingerprint density at radius 1 is 1.00 bits per heavy atom. The van der Waals surface area contributed by atoms with E-state index in [9.17, 15) is 4.79 Å². The summed E-state index contributed by atoms with van der Waals surface area (Å²) < 4.78 is 11.4. The highest BCUT2D eigenvalue weighted by molar-refractivity contribution is 5.77. The van der Waals surface area contributed by atoms with Crippen molar-refractivity contribution in [3.8, 4) is 11.5 Å². The average molecular weight is 339 g/mol. The van der Waals surface area contributed by atoms with Gasteiger partial charge < -0.3 is 14.8 Å². The fourth-order valence-electron chi connectivity index (χ4n) is 3.15. The Labute approximate surface area is 149 Å². The molecule has 0 saturated carbocycles. The van der Waals surface area contributed by atoms with Gasteiger partial charge in [-0.1, -0.05) is 30.3 Å². The molecule has 0 atom stereocenters. The van der Waals surface area contributed by atoms with Crippen molar-refractivity contribution >= 4 is 5.91 Å². The fourth-order valence-corrected chi connectivity index (χ4v) is 3.15. The van der Waals surface area contributed by atoms with Crippen molar-refractivity contribution < 1.29 is 14.3 Å². The van der Waals surface area contributed by atoms with E-state index in [0.29, 0.717) is 13.2 Å². The van der Waals surface area contributed by atoms with Crippen LogP contribution in [0.4, 0.5) is 0 Å². The summed E-state index contributed by atoms with van der Waals surface area (Å²) in [4.78, 5) is 12.0. The van der Waals surface area contributed by atoms with E-state index >= 15 is 0 Å². The molecule has 0 saturated heterocycles. The van der Waals surface area contributed by atoms with Crippen LogP contribution in [-0.2, 0) is 17.6 Å². The van der Waals surface area contributed by atoms with E-state index in [-0.39, 0.29) is 12.5 Å². The summed E-state index contributed by atoms with van der Waals surface area (Å²) in [6.07, 6.45) is 4.57. The zero-order valence-electron chi connectivity index (χ0n) is 14.7. The van der Waals surface area contributed by atoms with Gasteiger partial charge in [-0.25, -0.2) is 0 Å². The first kappa shape index (κ1) is 17.3. The van der Waals surface area contributed by atoms with Crippen molar-refractivity contribution in [2.24, 2.45) is 0 Å². The van der Waals surface area contributed by atoms with Crippen molar-refractivity contribution in [1.29, 1.82) is 0 Å². The maximum atomic E-state index is 12.0. The maximum absolute atomic E-state index is 12.0. The van der Waals surface area contributed by atoms with Gasteiger partial charge in [0.15, 0.2) is 6.61 Å². The van der Waals surface area contributed by atoms with Crippen LogP contribution in [0.15, 0.2) is 42.5 Å². The molecule has 0 spiro atoms. The number of amides is 1. The average Bonchev–Trinajstić information content (AvgIpc) is 2.65. The van der Waals surface area contributed by atoms with Crippen LogP contribution in [0.5, 0.6) is 11.5 Å². The van der Waals surface area contributed by atoms with Crippen LogP contribution < -0.4 is 14.8 Å². The zero-order valence-corrected chi connectivity index (χ0v) is 14.7. The van der Waals surface area contributed by atoms with E-state index < -0.39 is 0 Å². The molecular weight excluding hydrogens is 314 g/mol. The van der Waals surface area contributed by atoms with Gasteiger partial charge in [-0.2, -0.15) is 0 Å². The predicted octanol–water partition coefficient (Wildman–Crippen LogP) is 3.45. The van der Waals surface area contributed by atoms with Crippen LogP contribution in [0.2, 0.25) is 0 Å². The van der Waals surface area contributed by atoms with Gasteiger partial charge in [-0.05, 0) is 61.4 Å². The SMILES string of the molecule is Cc1ccccc1OCCNC(=O)COc1cccc2c1CCCC2. The number of hydrogen-bond acceptors (Lipinski definition) is 3. The Bertz CT molecular complexity index is 727. The lowest BCUT2D eigenvalue weighted by atomic mass is 9.91. The highest BCUT2D eigenvalue weighted by Gasteiger charge is 2.14. The quantitative estimate of drug-likeness (QED) is 0.786. The number of para-hydroxylation sites is 1. The molecule has 1 aliphatic carbocycles. The summed E-state index contributed by atoms with van der Waals surface area (Å²) in [6, 6.07) is 14.0. The van der Waals surface area contributed by atoms with Crippen molar-refractivity contribution in [1.82, 2.24) is 5.32 Å². The van der Waals surface area contributed by atoms with Crippen molar-refractivity contribution in [3.63, 3.8) is 0 Å². The van der Waals surface area contributed by atoms with Crippen LogP contribution in [0.25, 0.3) is 0 Å². The third-order valence-electron chi connectivity index (χ3n) is 4.49. The number of fused-ring (bicyclic) bond motifs is 1.